The molecule has 0 fully saturated rings. The lowest BCUT2D eigenvalue weighted by molar-refractivity contribution is 0.174. The minimum absolute atomic E-state index is 0.284. The summed E-state index contributed by atoms with van der Waals surface area (Å²) >= 11 is 3.46. The quantitative estimate of drug-likeness (QED) is 0.501. The van der Waals surface area contributed by atoms with Crippen LogP contribution in [0.2, 0.25) is 0 Å². The van der Waals surface area contributed by atoms with Gasteiger partial charge in [-0.25, -0.2) is 4.98 Å². The summed E-state index contributed by atoms with van der Waals surface area (Å²) in [5.74, 6) is 2.47. The van der Waals surface area contributed by atoms with Gasteiger partial charge in [0, 0.05) is 35.0 Å². The van der Waals surface area contributed by atoms with Gasteiger partial charge < -0.3 is 14.0 Å². The van der Waals surface area contributed by atoms with Gasteiger partial charge in [-0.1, -0.05) is 28.1 Å². The van der Waals surface area contributed by atoms with Crippen molar-refractivity contribution in [3.63, 3.8) is 0 Å². The third-order valence-electron chi connectivity index (χ3n) is 4.44. The molecule has 3 heterocycles. The predicted molar refractivity (Wildman–Crippen MR) is 98.9 cm³/mol. The van der Waals surface area contributed by atoms with Crippen LogP contribution >= 0.6 is 15.9 Å². The molecule has 5 nitrogen and oxygen atoms in total. The molecule has 4 aromatic rings. The standard InChI is InChI=1S/C19H14BrN3O2/c1-22-16(13-4-7-17-18(8-13)25-11-24-17)10-23-9-15(21-19(22)23)12-2-5-14(20)6-3-12/h2-10H,11H2,1H3. The van der Waals surface area contributed by atoms with Gasteiger partial charge in [0.15, 0.2) is 11.5 Å². The first-order valence-electron chi connectivity index (χ1n) is 7.89. The van der Waals surface area contributed by atoms with Crippen molar-refractivity contribution in [3.8, 4) is 34.0 Å². The minimum atomic E-state index is 0.284. The number of hydrogen-bond donors (Lipinski definition) is 0. The van der Waals surface area contributed by atoms with Crippen LogP contribution in [0.25, 0.3) is 28.3 Å². The van der Waals surface area contributed by atoms with Crippen LogP contribution in [0.3, 0.4) is 0 Å². The Bertz CT molecular complexity index is 1100. The summed E-state index contributed by atoms with van der Waals surface area (Å²) in [5.41, 5.74) is 4.19. The van der Waals surface area contributed by atoms with Crippen molar-refractivity contribution in [1.82, 2.24) is 14.0 Å². The number of imidazole rings is 2. The maximum absolute atomic E-state index is 5.48. The Morgan fingerprint density at radius 2 is 1.72 bits per heavy atom. The summed E-state index contributed by atoms with van der Waals surface area (Å²) in [5, 5.41) is 0. The topological polar surface area (TPSA) is 40.7 Å². The molecular weight excluding hydrogens is 382 g/mol. The highest BCUT2D eigenvalue weighted by molar-refractivity contribution is 9.10. The fourth-order valence-corrected chi connectivity index (χ4v) is 3.40. The van der Waals surface area contributed by atoms with Gasteiger partial charge in [-0.05, 0) is 30.3 Å². The van der Waals surface area contributed by atoms with E-state index in [2.05, 4.69) is 49.4 Å². The fraction of sp³-hybridized carbons (Fsp3) is 0.105. The first-order valence-corrected chi connectivity index (χ1v) is 8.69. The molecule has 0 N–H and O–H groups in total. The van der Waals surface area contributed by atoms with Crippen molar-refractivity contribution in [1.29, 1.82) is 0 Å². The number of aryl methyl sites for hydroxylation is 1. The van der Waals surface area contributed by atoms with E-state index in [0.717, 1.165) is 44.3 Å². The highest BCUT2D eigenvalue weighted by Crippen LogP contribution is 2.36. The van der Waals surface area contributed by atoms with Gasteiger partial charge in [-0.3, -0.25) is 4.40 Å². The van der Waals surface area contributed by atoms with Gasteiger partial charge in [-0.2, -0.15) is 0 Å². The molecule has 0 atom stereocenters. The van der Waals surface area contributed by atoms with Gasteiger partial charge in [-0.15, -0.1) is 0 Å². The molecule has 2 aromatic heterocycles. The van der Waals surface area contributed by atoms with E-state index < -0.39 is 0 Å². The molecule has 0 aliphatic carbocycles. The largest absolute Gasteiger partial charge is 0.454 e. The second-order valence-electron chi connectivity index (χ2n) is 5.98. The van der Waals surface area contributed by atoms with Crippen LogP contribution in [0, 0.1) is 0 Å². The second kappa shape index (κ2) is 5.39. The highest BCUT2D eigenvalue weighted by Gasteiger charge is 2.17. The van der Waals surface area contributed by atoms with Crippen molar-refractivity contribution in [2.24, 2.45) is 7.05 Å². The van der Waals surface area contributed by atoms with Gasteiger partial charge in [0.25, 0.3) is 0 Å². The summed E-state index contributed by atoms with van der Waals surface area (Å²) in [7, 11) is 2.02. The van der Waals surface area contributed by atoms with Crippen molar-refractivity contribution in [3.05, 3.63) is 59.3 Å². The van der Waals surface area contributed by atoms with Crippen LogP contribution in [-0.4, -0.2) is 20.7 Å². The van der Waals surface area contributed by atoms with Gasteiger partial charge >= 0.3 is 0 Å². The Hall–Kier alpha value is -2.73. The summed E-state index contributed by atoms with van der Waals surface area (Å²) < 4.78 is 16.1. The molecule has 0 unspecified atom stereocenters. The lowest BCUT2D eigenvalue weighted by atomic mass is 10.1. The predicted octanol–water partition coefficient (Wildman–Crippen LogP) is 4.50. The van der Waals surface area contributed by atoms with Gasteiger partial charge in [0.1, 0.15) is 0 Å². The summed E-state index contributed by atoms with van der Waals surface area (Å²) in [6, 6.07) is 14.2. The number of fused-ring (bicyclic) bond motifs is 2. The van der Waals surface area contributed by atoms with Crippen molar-refractivity contribution >= 4 is 21.7 Å². The molecule has 5 rings (SSSR count). The van der Waals surface area contributed by atoms with Crippen LogP contribution in [0.1, 0.15) is 0 Å². The molecule has 25 heavy (non-hydrogen) atoms. The zero-order valence-corrected chi connectivity index (χ0v) is 15.0. The molecule has 1 aliphatic rings. The zero-order valence-electron chi connectivity index (χ0n) is 13.4. The Kier molecular flexibility index (Phi) is 3.15. The lowest BCUT2D eigenvalue weighted by Crippen LogP contribution is -1.93. The van der Waals surface area contributed by atoms with Gasteiger partial charge in [0.05, 0.1) is 11.4 Å². The fourth-order valence-electron chi connectivity index (χ4n) is 3.14. The van der Waals surface area contributed by atoms with Crippen LogP contribution in [0.5, 0.6) is 11.5 Å². The van der Waals surface area contributed by atoms with E-state index >= 15 is 0 Å². The molecule has 0 radical (unpaired) electrons. The minimum Gasteiger partial charge on any atom is -0.454 e. The van der Waals surface area contributed by atoms with Crippen molar-refractivity contribution < 1.29 is 9.47 Å². The van der Waals surface area contributed by atoms with E-state index in [4.69, 9.17) is 14.5 Å². The SMILES string of the molecule is Cn1c(-c2ccc3c(c2)OCO3)cn2cc(-c3ccc(Br)cc3)nc12. The monoisotopic (exact) mass is 395 g/mol. The highest BCUT2D eigenvalue weighted by atomic mass is 79.9. The zero-order chi connectivity index (χ0) is 17.0. The average Bonchev–Trinajstić information content (AvgIpc) is 3.31. The molecule has 6 heteroatoms. The Balaban J connectivity index is 1.58. The van der Waals surface area contributed by atoms with E-state index in [0.29, 0.717) is 0 Å². The van der Waals surface area contributed by atoms with Crippen molar-refractivity contribution in [2.45, 2.75) is 0 Å². The normalized spacial score (nSPS) is 12.9. The smallest absolute Gasteiger partial charge is 0.231 e. The van der Waals surface area contributed by atoms with E-state index in [9.17, 15) is 0 Å². The summed E-state index contributed by atoms with van der Waals surface area (Å²) in [6.45, 7) is 0.284. The number of hydrogen-bond acceptors (Lipinski definition) is 3. The van der Waals surface area contributed by atoms with Crippen LogP contribution < -0.4 is 9.47 Å². The van der Waals surface area contributed by atoms with Crippen LogP contribution in [-0.2, 0) is 7.05 Å². The molecule has 0 saturated carbocycles. The molecule has 0 saturated heterocycles. The molecule has 2 aromatic carbocycles. The van der Waals surface area contributed by atoms with Crippen LogP contribution in [0.4, 0.5) is 0 Å². The summed E-state index contributed by atoms with van der Waals surface area (Å²) in [4.78, 5) is 4.79. The van der Waals surface area contributed by atoms with Crippen LogP contribution in [0.15, 0.2) is 59.3 Å². The Morgan fingerprint density at radius 1 is 0.960 bits per heavy atom. The molecule has 0 spiro atoms. The van der Waals surface area contributed by atoms with E-state index in [1.807, 2.05) is 37.4 Å². The first-order chi connectivity index (χ1) is 12.2. The number of ether oxygens (including phenoxy) is 2. The lowest BCUT2D eigenvalue weighted by Gasteiger charge is -2.04. The molecule has 0 bridgehead atoms. The molecular formula is C19H14BrN3O2. The van der Waals surface area contributed by atoms with Crippen molar-refractivity contribution in [2.75, 3.05) is 6.79 Å². The number of nitrogens with zero attached hydrogens (tertiary/aromatic N) is 3. The molecule has 124 valence electrons. The Labute approximate surface area is 152 Å². The number of halogens is 1. The van der Waals surface area contributed by atoms with E-state index in [1.54, 1.807) is 0 Å². The van der Waals surface area contributed by atoms with E-state index in [-0.39, 0.29) is 6.79 Å². The second-order valence-corrected chi connectivity index (χ2v) is 6.90. The number of benzene rings is 2. The average molecular weight is 396 g/mol. The number of aromatic nitrogens is 3. The van der Waals surface area contributed by atoms with Gasteiger partial charge in [0.2, 0.25) is 12.6 Å². The Morgan fingerprint density at radius 3 is 2.52 bits per heavy atom. The molecule has 1 aliphatic heterocycles. The third-order valence-corrected chi connectivity index (χ3v) is 4.97. The maximum Gasteiger partial charge on any atom is 0.231 e. The maximum atomic E-state index is 5.48. The third kappa shape index (κ3) is 2.33. The molecule has 0 amide bonds. The van der Waals surface area contributed by atoms with E-state index in [1.165, 1.54) is 0 Å². The number of rotatable bonds is 2. The summed E-state index contributed by atoms with van der Waals surface area (Å²) in [6.07, 6.45) is 4.14. The first kappa shape index (κ1) is 14.6.